The van der Waals surface area contributed by atoms with E-state index in [0.717, 1.165) is 55.6 Å². The van der Waals surface area contributed by atoms with Gasteiger partial charge in [-0.15, -0.1) is 0 Å². The second-order valence-electron chi connectivity index (χ2n) is 8.60. The minimum atomic E-state index is 0.0127. The number of anilines is 2. The Morgan fingerprint density at radius 3 is 2.60 bits per heavy atom. The summed E-state index contributed by atoms with van der Waals surface area (Å²) in [5.74, 6) is 2.93. The maximum atomic E-state index is 9.34. The lowest BCUT2D eigenvalue weighted by Gasteiger charge is -2.34. The average Bonchev–Trinajstić information content (AvgIpc) is 3.55. The van der Waals surface area contributed by atoms with Crippen molar-refractivity contribution in [2.75, 3.05) is 56.3 Å². The van der Waals surface area contributed by atoms with Gasteiger partial charge in [-0.3, -0.25) is 9.47 Å². The highest BCUT2D eigenvalue weighted by molar-refractivity contribution is 5.85. The second kappa shape index (κ2) is 9.40. The quantitative estimate of drug-likeness (QED) is 0.419. The van der Waals surface area contributed by atoms with Gasteiger partial charge in [0, 0.05) is 45.0 Å². The normalized spacial score (nSPS) is 15.6. The molecular formula is C25H27N7O3. The molecule has 4 aromatic rings. The number of nitrogens with zero attached hydrogens (tertiary/aromatic N) is 6. The third-order valence-electron chi connectivity index (χ3n) is 6.32. The molecule has 6 rings (SSSR count). The number of hydrogen-bond acceptors (Lipinski definition) is 9. The van der Waals surface area contributed by atoms with E-state index < -0.39 is 0 Å². The Hall–Kier alpha value is -3.89. The molecule has 1 saturated heterocycles. The fourth-order valence-corrected chi connectivity index (χ4v) is 4.51. The number of imidazole rings is 1. The topological polar surface area (TPSA) is 101 Å². The summed E-state index contributed by atoms with van der Waals surface area (Å²) in [6.07, 6.45) is 1.77. The van der Waals surface area contributed by atoms with Crippen molar-refractivity contribution in [2.45, 2.75) is 6.54 Å². The maximum absolute atomic E-state index is 9.34. The van der Waals surface area contributed by atoms with Crippen LogP contribution in [0.2, 0.25) is 0 Å². The first-order valence-electron chi connectivity index (χ1n) is 11.8. The van der Waals surface area contributed by atoms with Gasteiger partial charge >= 0.3 is 0 Å². The molecule has 35 heavy (non-hydrogen) atoms. The number of para-hydroxylation sites is 1. The van der Waals surface area contributed by atoms with E-state index in [4.69, 9.17) is 19.4 Å². The van der Waals surface area contributed by atoms with Gasteiger partial charge in [-0.1, -0.05) is 24.3 Å². The number of aliphatic hydroxyl groups is 1. The molecular weight excluding hydrogens is 446 g/mol. The third kappa shape index (κ3) is 4.33. The molecule has 0 amide bonds. The van der Waals surface area contributed by atoms with Crippen molar-refractivity contribution in [1.29, 1.82) is 0 Å². The summed E-state index contributed by atoms with van der Waals surface area (Å²) in [4.78, 5) is 18.9. The number of benzene rings is 2. The molecule has 10 heteroatoms. The summed E-state index contributed by atoms with van der Waals surface area (Å²) in [5.41, 5.74) is 3.63. The first kappa shape index (κ1) is 21.6. The molecule has 2 aliphatic rings. The number of piperazine rings is 1. The Morgan fingerprint density at radius 1 is 0.943 bits per heavy atom. The minimum absolute atomic E-state index is 0.0127. The van der Waals surface area contributed by atoms with Crippen molar-refractivity contribution in [3.63, 3.8) is 0 Å². The van der Waals surface area contributed by atoms with Crippen molar-refractivity contribution in [3.05, 3.63) is 60.4 Å². The van der Waals surface area contributed by atoms with Crippen LogP contribution in [-0.2, 0) is 6.54 Å². The Bertz CT molecular complexity index is 1320. The molecule has 0 atom stereocenters. The first-order valence-corrected chi connectivity index (χ1v) is 11.8. The van der Waals surface area contributed by atoms with E-state index in [1.807, 2.05) is 41.0 Å². The minimum Gasteiger partial charge on any atom is -0.454 e. The molecule has 0 unspecified atom stereocenters. The van der Waals surface area contributed by atoms with Crippen molar-refractivity contribution >= 4 is 22.9 Å². The zero-order chi connectivity index (χ0) is 23.6. The van der Waals surface area contributed by atoms with E-state index in [-0.39, 0.29) is 6.61 Å². The van der Waals surface area contributed by atoms with Crippen LogP contribution in [0.5, 0.6) is 11.5 Å². The lowest BCUT2D eigenvalue weighted by molar-refractivity contribution is 0.174. The highest BCUT2D eigenvalue weighted by Crippen LogP contribution is 2.33. The van der Waals surface area contributed by atoms with Crippen molar-refractivity contribution < 1.29 is 14.6 Å². The van der Waals surface area contributed by atoms with Crippen LogP contribution < -0.4 is 19.7 Å². The van der Waals surface area contributed by atoms with E-state index in [1.54, 1.807) is 6.33 Å². The zero-order valence-electron chi connectivity index (χ0n) is 19.3. The Labute approximate surface area is 202 Å². The summed E-state index contributed by atoms with van der Waals surface area (Å²) < 4.78 is 12.9. The van der Waals surface area contributed by atoms with Gasteiger partial charge in [-0.2, -0.15) is 9.97 Å². The Kier molecular flexibility index (Phi) is 5.81. The number of nitrogens with one attached hydrogen (secondary N) is 1. The Morgan fingerprint density at radius 2 is 1.77 bits per heavy atom. The highest BCUT2D eigenvalue weighted by atomic mass is 16.7. The predicted octanol–water partition coefficient (Wildman–Crippen LogP) is 2.27. The van der Waals surface area contributed by atoms with Crippen LogP contribution in [0.1, 0.15) is 5.56 Å². The lowest BCUT2D eigenvalue weighted by atomic mass is 10.1. The molecule has 10 nitrogen and oxygen atoms in total. The number of ether oxygens (including phenoxy) is 2. The molecule has 180 valence electrons. The Balaban J connectivity index is 1.22. The predicted molar refractivity (Wildman–Crippen MR) is 132 cm³/mol. The van der Waals surface area contributed by atoms with Crippen LogP contribution in [-0.4, -0.2) is 75.6 Å². The van der Waals surface area contributed by atoms with Crippen LogP contribution in [0.3, 0.4) is 0 Å². The number of aliphatic hydroxyl groups excluding tert-OH is 1. The summed E-state index contributed by atoms with van der Waals surface area (Å²) in [7, 11) is 0. The molecule has 2 aromatic carbocycles. The van der Waals surface area contributed by atoms with Gasteiger partial charge in [0.2, 0.25) is 12.7 Å². The number of rotatable bonds is 7. The van der Waals surface area contributed by atoms with E-state index in [2.05, 4.69) is 32.2 Å². The third-order valence-corrected chi connectivity index (χ3v) is 6.32. The molecule has 2 N–H and O–H groups in total. The largest absolute Gasteiger partial charge is 0.454 e. The van der Waals surface area contributed by atoms with Gasteiger partial charge in [0.1, 0.15) is 6.33 Å². The molecule has 0 radical (unpaired) electrons. The van der Waals surface area contributed by atoms with Gasteiger partial charge in [0.15, 0.2) is 28.5 Å². The van der Waals surface area contributed by atoms with Crippen molar-refractivity contribution in [3.8, 4) is 17.2 Å². The van der Waals surface area contributed by atoms with Crippen LogP contribution in [0.4, 0.5) is 11.8 Å². The molecule has 2 aliphatic heterocycles. The van der Waals surface area contributed by atoms with Gasteiger partial charge in [0.05, 0.1) is 6.61 Å². The van der Waals surface area contributed by atoms with E-state index in [1.165, 1.54) is 5.56 Å². The first-order chi connectivity index (χ1) is 17.3. The maximum Gasteiger partial charge on any atom is 0.231 e. The zero-order valence-corrected chi connectivity index (χ0v) is 19.3. The summed E-state index contributed by atoms with van der Waals surface area (Å²) >= 11 is 0. The van der Waals surface area contributed by atoms with Crippen LogP contribution >= 0.6 is 0 Å². The standard InChI is InChI=1S/C25H27N7O3/c33-13-8-26-23-22-24(32(16-27-22)19-4-2-1-3-5-19)29-25(28-23)31-11-9-30(10-12-31)15-18-6-7-20-21(14-18)35-17-34-20/h1-7,14,16,33H,8-13,15,17H2,(H,26,28,29). The van der Waals surface area contributed by atoms with Crippen molar-refractivity contribution in [2.24, 2.45) is 0 Å². The van der Waals surface area contributed by atoms with E-state index in [9.17, 15) is 5.11 Å². The van der Waals surface area contributed by atoms with Crippen LogP contribution in [0, 0.1) is 0 Å². The SMILES string of the molecule is OCCNc1nc(N2CCN(Cc3ccc4c(c3)OCO4)CC2)nc2c1ncn2-c1ccccc1. The summed E-state index contributed by atoms with van der Waals surface area (Å²) in [6.45, 7) is 4.98. The van der Waals surface area contributed by atoms with Gasteiger partial charge in [0.25, 0.3) is 0 Å². The van der Waals surface area contributed by atoms with E-state index >= 15 is 0 Å². The molecule has 0 aliphatic carbocycles. The fourth-order valence-electron chi connectivity index (χ4n) is 4.51. The molecule has 0 bridgehead atoms. The van der Waals surface area contributed by atoms with Crippen molar-refractivity contribution in [1.82, 2.24) is 24.4 Å². The van der Waals surface area contributed by atoms with Gasteiger partial charge in [-0.05, 0) is 29.8 Å². The number of aromatic nitrogens is 4. The number of hydrogen-bond donors (Lipinski definition) is 2. The van der Waals surface area contributed by atoms with E-state index in [0.29, 0.717) is 30.6 Å². The summed E-state index contributed by atoms with van der Waals surface area (Å²) in [5, 5.41) is 12.5. The molecule has 0 spiro atoms. The monoisotopic (exact) mass is 473 g/mol. The molecule has 0 saturated carbocycles. The van der Waals surface area contributed by atoms with Gasteiger partial charge in [-0.25, -0.2) is 4.98 Å². The summed E-state index contributed by atoms with van der Waals surface area (Å²) in [6, 6.07) is 16.2. The van der Waals surface area contributed by atoms with Crippen LogP contribution in [0.25, 0.3) is 16.9 Å². The fraction of sp³-hybridized carbons (Fsp3) is 0.320. The second-order valence-corrected chi connectivity index (χ2v) is 8.60. The molecule has 1 fully saturated rings. The number of fused-ring (bicyclic) bond motifs is 2. The average molecular weight is 474 g/mol. The van der Waals surface area contributed by atoms with Gasteiger partial charge < -0.3 is 24.8 Å². The molecule has 4 heterocycles. The lowest BCUT2D eigenvalue weighted by Crippen LogP contribution is -2.46. The van der Waals surface area contributed by atoms with Crippen LogP contribution in [0.15, 0.2) is 54.9 Å². The smallest absolute Gasteiger partial charge is 0.231 e. The molecule has 2 aromatic heterocycles. The highest BCUT2D eigenvalue weighted by Gasteiger charge is 2.23.